The molecule has 136 valence electrons. The molecule has 0 bridgehead atoms. The van der Waals surface area contributed by atoms with E-state index in [0.717, 1.165) is 0 Å². The molecule has 27 heavy (non-hydrogen) atoms. The molecule has 1 atom stereocenters. The molecule has 1 aliphatic heterocycles. The van der Waals surface area contributed by atoms with Crippen molar-refractivity contribution in [3.05, 3.63) is 91.8 Å². The van der Waals surface area contributed by atoms with Gasteiger partial charge in [0, 0.05) is 5.56 Å². The van der Waals surface area contributed by atoms with Crippen LogP contribution in [0.3, 0.4) is 0 Å². The van der Waals surface area contributed by atoms with Crippen molar-refractivity contribution >= 4 is 11.0 Å². The topological polar surface area (TPSA) is 118 Å². The average molecular weight is 366 g/mol. The van der Waals surface area contributed by atoms with E-state index in [9.17, 15) is 14.9 Å². The number of fused-ring (bicyclic) bond motifs is 3. The lowest BCUT2D eigenvalue weighted by Gasteiger charge is -2.25. The Morgan fingerprint density at radius 2 is 1.85 bits per heavy atom. The Morgan fingerprint density at radius 1 is 1.15 bits per heavy atom. The molecule has 0 radical (unpaired) electrons. The fraction of sp³-hybridized carbons (Fsp3) is 0.105. The maximum atomic E-state index is 12.8. The Balaban J connectivity index is 2.12. The molecule has 0 saturated carbocycles. The second-order valence-corrected chi connectivity index (χ2v) is 5.91. The van der Waals surface area contributed by atoms with E-state index in [1.165, 1.54) is 7.11 Å². The van der Waals surface area contributed by atoms with Gasteiger partial charge in [-0.15, -0.1) is 0 Å². The number of nitrogens with zero attached hydrogens (tertiary/aromatic N) is 1. The number of allylic oxidation sites excluding steroid dienone is 1. The highest BCUT2D eigenvalue weighted by molar-refractivity contribution is 5.85. The average Bonchev–Trinajstić information content (AvgIpc) is 2.66. The molecular formula is C19H14N2O6. The highest BCUT2D eigenvalue weighted by Gasteiger charge is 2.43. The number of para-hydroxylation sites is 2. The Hall–Kier alpha value is -3.81. The molecule has 0 aliphatic carbocycles. The molecule has 4 rings (SSSR count). The van der Waals surface area contributed by atoms with Crippen LogP contribution in [0.4, 0.5) is 0 Å². The van der Waals surface area contributed by atoms with Crippen LogP contribution < -0.4 is 20.8 Å². The molecule has 8 heteroatoms. The van der Waals surface area contributed by atoms with Crippen LogP contribution in [0.15, 0.2) is 69.3 Å². The van der Waals surface area contributed by atoms with Crippen LogP contribution in [0.2, 0.25) is 0 Å². The lowest BCUT2D eigenvalue weighted by Crippen LogP contribution is -2.30. The molecule has 2 N–H and O–H groups in total. The quantitative estimate of drug-likeness (QED) is 0.430. The van der Waals surface area contributed by atoms with Crippen LogP contribution in [0.5, 0.6) is 11.5 Å². The molecule has 2 aromatic carbocycles. The monoisotopic (exact) mass is 366 g/mol. The van der Waals surface area contributed by atoms with Crippen molar-refractivity contribution in [3.63, 3.8) is 0 Å². The van der Waals surface area contributed by atoms with E-state index in [-0.39, 0.29) is 17.2 Å². The molecule has 1 aliphatic rings. The first-order valence-electron chi connectivity index (χ1n) is 8.03. The van der Waals surface area contributed by atoms with Crippen molar-refractivity contribution in [2.45, 2.75) is 5.92 Å². The summed E-state index contributed by atoms with van der Waals surface area (Å²) in [6, 6.07) is 13.5. The Bertz CT molecular complexity index is 1160. The minimum Gasteiger partial charge on any atom is -0.496 e. The fourth-order valence-electron chi connectivity index (χ4n) is 3.34. The lowest BCUT2D eigenvalue weighted by molar-refractivity contribution is -0.432. The summed E-state index contributed by atoms with van der Waals surface area (Å²) in [4.78, 5) is 23.9. The van der Waals surface area contributed by atoms with E-state index in [2.05, 4.69) is 0 Å². The number of rotatable bonds is 3. The third-order valence-electron chi connectivity index (χ3n) is 4.47. The summed E-state index contributed by atoms with van der Waals surface area (Å²) in [6.07, 6.45) is 0. The van der Waals surface area contributed by atoms with Gasteiger partial charge in [0.2, 0.25) is 0 Å². The van der Waals surface area contributed by atoms with Crippen LogP contribution in [0, 0.1) is 10.1 Å². The van der Waals surface area contributed by atoms with Gasteiger partial charge in [-0.25, -0.2) is 4.79 Å². The molecule has 8 nitrogen and oxygen atoms in total. The number of nitrogens with two attached hydrogens (primary N) is 1. The Labute approximate surface area is 152 Å². The number of hydrogen-bond acceptors (Lipinski definition) is 7. The number of nitro groups is 1. The van der Waals surface area contributed by atoms with Gasteiger partial charge in [0.05, 0.1) is 23.0 Å². The first kappa shape index (κ1) is 16.6. The van der Waals surface area contributed by atoms with Crippen LogP contribution in [0.25, 0.3) is 11.0 Å². The first-order valence-corrected chi connectivity index (χ1v) is 8.03. The van der Waals surface area contributed by atoms with Gasteiger partial charge in [-0.1, -0.05) is 30.3 Å². The smallest absolute Gasteiger partial charge is 0.344 e. The normalized spacial score (nSPS) is 16.0. The second kappa shape index (κ2) is 6.17. The summed E-state index contributed by atoms with van der Waals surface area (Å²) in [5.74, 6) is -0.934. The summed E-state index contributed by atoms with van der Waals surface area (Å²) in [5, 5.41) is 12.2. The molecule has 0 spiro atoms. The van der Waals surface area contributed by atoms with E-state index in [4.69, 9.17) is 19.6 Å². The minimum absolute atomic E-state index is 0.0131. The van der Waals surface area contributed by atoms with Crippen molar-refractivity contribution in [1.29, 1.82) is 0 Å². The lowest BCUT2D eigenvalue weighted by atomic mass is 9.86. The molecule has 3 aromatic rings. The zero-order valence-electron chi connectivity index (χ0n) is 14.2. The molecule has 0 fully saturated rings. The van der Waals surface area contributed by atoms with Gasteiger partial charge in [-0.05, 0) is 18.2 Å². The molecule has 0 saturated heterocycles. The second-order valence-electron chi connectivity index (χ2n) is 5.91. The standard InChI is InChI=1S/C19H14N2O6/c1-25-12-8-4-2-6-10(12)14-15-17(27-18(20)16(14)21(23)24)11-7-3-5-9-13(11)26-19(15)22/h2-9,14H,20H2,1H3/t14-/m1/s1. The fourth-order valence-corrected chi connectivity index (χ4v) is 3.34. The van der Waals surface area contributed by atoms with Crippen molar-refractivity contribution in [2.24, 2.45) is 5.73 Å². The Kier molecular flexibility index (Phi) is 3.80. The van der Waals surface area contributed by atoms with Crippen molar-refractivity contribution < 1.29 is 18.8 Å². The maximum Gasteiger partial charge on any atom is 0.344 e. The Morgan fingerprint density at radius 3 is 2.59 bits per heavy atom. The maximum absolute atomic E-state index is 12.8. The highest BCUT2D eigenvalue weighted by Crippen LogP contribution is 2.45. The third kappa shape index (κ3) is 2.50. The van der Waals surface area contributed by atoms with Gasteiger partial charge in [0.1, 0.15) is 17.3 Å². The van der Waals surface area contributed by atoms with Gasteiger partial charge in [-0.2, -0.15) is 0 Å². The summed E-state index contributed by atoms with van der Waals surface area (Å²) >= 11 is 0. The number of ether oxygens (including phenoxy) is 2. The number of benzene rings is 2. The largest absolute Gasteiger partial charge is 0.496 e. The summed E-state index contributed by atoms with van der Waals surface area (Å²) < 4.78 is 16.3. The van der Waals surface area contributed by atoms with Crippen molar-refractivity contribution in [3.8, 4) is 11.5 Å². The van der Waals surface area contributed by atoms with Gasteiger partial charge < -0.3 is 19.6 Å². The zero-order valence-corrected chi connectivity index (χ0v) is 14.2. The van der Waals surface area contributed by atoms with Gasteiger partial charge in [0.15, 0.2) is 5.75 Å². The summed E-state index contributed by atoms with van der Waals surface area (Å²) in [7, 11) is 1.45. The van der Waals surface area contributed by atoms with E-state index in [1.54, 1.807) is 48.5 Å². The predicted octanol–water partition coefficient (Wildman–Crippen LogP) is 2.73. The summed E-state index contributed by atoms with van der Waals surface area (Å²) in [6.45, 7) is 0. The number of methoxy groups -OCH3 is 1. The van der Waals surface area contributed by atoms with Crippen LogP contribution in [0.1, 0.15) is 17.0 Å². The van der Waals surface area contributed by atoms with Gasteiger partial charge in [0.25, 0.3) is 5.88 Å². The van der Waals surface area contributed by atoms with Crippen molar-refractivity contribution in [2.75, 3.05) is 7.11 Å². The van der Waals surface area contributed by atoms with Gasteiger partial charge in [-0.3, -0.25) is 10.1 Å². The molecule has 2 heterocycles. The third-order valence-corrected chi connectivity index (χ3v) is 4.47. The van der Waals surface area contributed by atoms with E-state index in [1.807, 2.05) is 0 Å². The van der Waals surface area contributed by atoms with Gasteiger partial charge >= 0.3 is 11.3 Å². The van der Waals surface area contributed by atoms with E-state index < -0.39 is 22.2 Å². The van der Waals surface area contributed by atoms with Crippen LogP contribution in [-0.2, 0) is 0 Å². The van der Waals surface area contributed by atoms with Crippen LogP contribution in [-0.4, -0.2) is 12.0 Å². The molecule has 0 amide bonds. The minimum atomic E-state index is -1.10. The number of hydrogen-bond donors (Lipinski definition) is 1. The van der Waals surface area contributed by atoms with Crippen LogP contribution >= 0.6 is 0 Å². The molecule has 1 aromatic heterocycles. The predicted molar refractivity (Wildman–Crippen MR) is 96.2 cm³/mol. The highest BCUT2D eigenvalue weighted by atomic mass is 16.6. The summed E-state index contributed by atoms with van der Waals surface area (Å²) in [5.41, 5.74) is 5.47. The molecule has 0 unspecified atom stereocenters. The molecular weight excluding hydrogens is 352 g/mol. The van der Waals surface area contributed by atoms with Crippen molar-refractivity contribution in [1.82, 2.24) is 0 Å². The van der Waals surface area contributed by atoms with E-state index in [0.29, 0.717) is 22.3 Å². The SMILES string of the molecule is COc1ccccc1[C@H]1C([N+](=O)[O-])=C(N)Oc2c1c(=O)oc1ccccc21. The first-order chi connectivity index (χ1) is 13.0. The zero-order chi connectivity index (χ0) is 19.1. The van der Waals surface area contributed by atoms with E-state index >= 15 is 0 Å².